The van der Waals surface area contributed by atoms with E-state index < -0.39 is 23.8 Å². The molecule has 13 heteroatoms. The number of fused-ring (bicyclic) bond motifs is 1. The van der Waals surface area contributed by atoms with E-state index in [4.69, 9.17) is 10.5 Å². The molecule has 0 radical (unpaired) electrons. The molecule has 2 atom stereocenters. The van der Waals surface area contributed by atoms with Crippen LogP contribution >= 0.6 is 11.3 Å². The van der Waals surface area contributed by atoms with E-state index in [0.29, 0.717) is 11.4 Å². The summed E-state index contributed by atoms with van der Waals surface area (Å²) in [5.41, 5.74) is 7.73. The number of nitrogens with zero attached hydrogens (tertiary/aromatic N) is 5. The molecular weight excluding hydrogens is 627 g/mol. The summed E-state index contributed by atoms with van der Waals surface area (Å²) >= 11 is 1.11. The quantitative estimate of drug-likeness (QED) is 0.190. The molecular formula is C34H38F3N7O2S. The van der Waals surface area contributed by atoms with Crippen molar-refractivity contribution < 1.29 is 22.7 Å². The third-order valence-corrected chi connectivity index (χ3v) is 9.83. The number of nitrogens with two attached hydrogens (primary N) is 1. The van der Waals surface area contributed by atoms with Gasteiger partial charge in [-0.3, -0.25) is 9.36 Å². The normalized spacial score (nSPS) is 17.8. The van der Waals surface area contributed by atoms with Gasteiger partial charge in [0, 0.05) is 62.9 Å². The summed E-state index contributed by atoms with van der Waals surface area (Å²) in [7, 11) is 2.17. The lowest BCUT2D eigenvalue weighted by Crippen LogP contribution is -2.44. The fourth-order valence-corrected chi connectivity index (χ4v) is 7.01. The molecule has 1 aromatic carbocycles. The molecule has 0 spiro atoms. The third kappa shape index (κ3) is 7.53. The molecule has 1 aliphatic carbocycles. The van der Waals surface area contributed by atoms with Crippen molar-refractivity contribution in [2.75, 3.05) is 51.6 Å². The second-order valence-electron chi connectivity index (χ2n) is 12.0. The Bertz CT molecular complexity index is 1740. The van der Waals surface area contributed by atoms with Crippen LogP contribution in [0.5, 0.6) is 5.75 Å². The van der Waals surface area contributed by atoms with Gasteiger partial charge in [-0.05, 0) is 56.8 Å². The number of anilines is 1. The molecule has 1 amide bonds. The van der Waals surface area contributed by atoms with Crippen LogP contribution in [-0.2, 0) is 12.6 Å². The molecule has 3 N–H and O–H groups in total. The number of aromatic nitrogens is 3. The number of amides is 1. The highest BCUT2D eigenvalue weighted by atomic mass is 32.1. The van der Waals surface area contributed by atoms with Crippen molar-refractivity contribution in [3.05, 3.63) is 94.0 Å². The summed E-state index contributed by atoms with van der Waals surface area (Å²) in [6.07, 6.45) is 3.84. The van der Waals surface area contributed by atoms with Gasteiger partial charge in [-0.15, -0.1) is 11.3 Å². The number of carbonyl (C=O) groups is 1. The molecule has 4 aromatic rings. The molecule has 1 aliphatic heterocycles. The maximum atomic E-state index is 13.6. The SMILES string of the molecule is C[C@@H](Oc1cc(-n2cnc3c2C=CC(c2ccnc(NCCCN4CCN(C)CC4)c2)C3)sc1C(N)=O)c1ccccc1C(F)(F)F. The Balaban J connectivity index is 1.13. The average molecular weight is 666 g/mol. The van der Waals surface area contributed by atoms with Crippen LogP contribution in [-0.4, -0.2) is 76.6 Å². The Hall–Kier alpha value is -4.20. The first-order valence-corrected chi connectivity index (χ1v) is 16.5. The van der Waals surface area contributed by atoms with Crippen molar-refractivity contribution in [3.8, 4) is 10.8 Å². The van der Waals surface area contributed by atoms with Gasteiger partial charge in [0.15, 0.2) is 0 Å². The van der Waals surface area contributed by atoms with Crippen LogP contribution in [0.3, 0.4) is 0 Å². The summed E-state index contributed by atoms with van der Waals surface area (Å²) < 4.78 is 48.7. The fourth-order valence-electron chi connectivity index (χ4n) is 6.09. The van der Waals surface area contributed by atoms with Gasteiger partial charge in [-0.1, -0.05) is 24.3 Å². The number of allylic oxidation sites excluding steroid dienone is 1. The number of rotatable bonds is 11. The number of hydrogen-bond acceptors (Lipinski definition) is 8. The predicted octanol–water partition coefficient (Wildman–Crippen LogP) is 5.99. The number of hydrogen-bond donors (Lipinski definition) is 2. The smallest absolute Gasteiger partial charge is 0.416 e. The summed E-state index contributed by atoms with van der Waals surface area (Å²) in [6, 6.07) is 11.0. The van der Waals surface area contributed by atoms with Gasteiger partial charge in [-0.25, -0.2) is 9.97 Å². The Morgan fingerprint density at radius 2 is 1.94 bits per heavy atom. The number of pyridine rings is 1. The number of nitrogens with one attached hydrogen (secondary N) is 1. The molecule has 248 valence electrons. The van der Waals surface area contributed by atoms with Crippen LogP contribution in [0.1, 0.15) is 63.1 Å². The average Bonchev–Trinajstić information content (AvgIpc) is 3.67. The Labute approximate surface area is 275 Å². The van der Waals surface area contributed by atoms with E-state index in [0.717, 1.165) is 85.9 Å². The van der Waals surface area contributed by atoms with E-state index >= 15 is 0 Å². The van der Waals surface area contributed by atoms with E-state index in [2.05, 4.69) is 44.3 Å². The number of primary amides is 1. The highest BCUT2D eigenvalue weighted by molar-refractivity contribution is 7.16. The monoisotopic (exact) mass is 665 g/mol. The van der Waals surface area contributed by atoms with Crippen LogP contribution < -0.4 is 15.8 Å². The van der Waals surface area contributed by atoms with Crippen LogP contribution in [0.25, 0.3) is 11.1 Å². The molecule has 1 fully saturated rings. The summed E-state index contributed by atoms with van der Waals surface area (Å²) in [5.74, 6) is 0.363. The van der Waals surface area contributed by atoms with Gasteiger partial charge in [-0.2, -0.15) is 13.2 Å². The van der Waals surface area contributed by atoms with Crippen LogP contribution in [0, 0.1) is 0 Å². The second kappa shape index (κ2) is 13.9. The summed E-state index contributed by atoms with van der Waals surface area (Å²) in [6.45, 7) is 7.90. The topological polar surface area (TPSA) is 102 Å². The maximum Gasteiger partial charge on any atom is 0.416 e. The van der Waals surface area contributed by atoms with Crippen LogP contribution in [0.4, 0.5) is 19.0 Å². The number of imidazole rings is 1. The van der Waals surface area contributed by atoms with Crippen molar-refractivity contribution in [2.24, 2.45) is 5.73 Å². The molecule has 9 nitrogen and oxygen atoms in total. The summed E-state index contributed by atoms with van der Waals surface area (Å²) in [4.78, 5) is 26.5. The second-order valence-corrected chi connectivity index (χ2v) is 13.0. The van der Waals surface area contributed by atoms with E-state index in [1.165, 1.54) is 25.1 Å². The van der Waals surface area contributed by atoms with Crippen LogP contribution in [0.2, 0.25) is 0 Å². The summed E-state index contributed by atoms with van der Waals surface area (Å²) in [5, 5.41) is 4.09. The zero-order valence-corrected chi connectivity index (χ0v) is 27.2. The molecule has 47 heavy (non-hydrogen) atoms. The number of halogens is 3. The first-order valence-electron chi connectivity index (χ1n) is 15.7. The number of benzene rings is 1. The van der Waals surface area contributed by atoms with E-state index in [1.54, 1.807) is 12.4 Å². The minimum absolute atomic E-state index is 0.0303. The lowest BCUT2D eigenvalue weighted by molar-refractivity contribution is -0.139. The number of carbonyl (C=O) groups excluding carboxylic acids is 1. The van der Waals surface area contributed by atoms with Gasteiger partial charge >= 0.3 is 6.18 Å². The Kier molecular flexibility index (Phi) is 9.67. The molecule has 3 aromatic heterocycles. The zero-order valence-electron chi connectivity index (χ0n) is 26.3. The predicted molar refractivity (Wildman–Crippen MR) is 177 cm³/mol. The molecule has 1 saturated heterocycles. The molecule has 4 heterocycles. The number of thiophene rings is 1. The Morgan fingerprint density at radius 3 is 2.70 bits per heavy atom. The first-order chi connectivity index (χ1) is 22.6. The van der Waals surface area contributed by atoms with E-state index in [-0.39, 0.29) is 22.1 Å². The number of ether oxygens (including phenoxy) is 1. The molecule has 2 aliphatic rings. The van der Waals surface area contributed by atoms with E-state index in [1.807, 2.05) is 22.9 Å². The number of alkyl halides is 3. The van der Waals surface area contributed by atoms with Gasteiger partial charge in [0.2, 0.25) is 0 Å². The largest absolute Gasteiger partial charge is 0.484 e. The molecule has 0 bridgehead atoms. The molecule has 1 unspecified atom stereocenters. The van der Waals surface area contributed by atoms with Crippen molar-refractivity contribution in [3.63, 3.8) is 0 Å². The number of likely N-dealkylation sites (N-methyl/N-ethyl adjacent to an activating group) is 1. The highest BCUT2D eigenvalue weighted by Gasteiger charge is 2.35. The lowest BCUT2D eigenvalue weighted by atomic mass is 9.90. The molecule has 0 saturated carbocycles. The van der Waals surface area contributed by atoms with Crippen molar-refractivity contribution in [2.45, 2.75) is 38.0 Å². The lowest BCUT2D eigenvalue weighted by Gasteiger charge is -2.32. The van der Waals surface area contributed by atoms with Crippen molar-refractivity contribution in [1.82, 2.24) is 24.3 Å². The van der Waals surface area contributed by atoms with Gasteiger partial charge in [0.05, 0.1) is 17.0 Å². The van der Waals surface area contributed by atoms with Gasteiger partial charge < -0.3 is 25.6 Å². The Morgan fingerprint density at radius 1 is 1.15 bits per heavy atom. The van der Waals surface area contributed by atoms with Gasteiger partial charge in [0.25, 0.3) is 5.91 Å². The number of piperazine rings is 1. The highest BCUT2D eigenvalue weighted by Crippen LogP contribution is 2.40. The standard InChI is InChI=1S/C34H38F3N7O2S/c1-22(25-6-3-4-7-26(25)34(35,36)37)46-29-20-31(47-32(29)33(38)45)44-21-41-27-18-23(8-9-28(27)44)24-10-12-40-30(19-24)39-11-5-13-43-16-14-42(2)15-17-43/h3-4,6-10,12,19-23H,5,11,13-18H2,1-2H3,(H2,38,45)(H,39,40)/t22-,23?/m1/s1. The minimum atomic E-state index is -4.54. The van der Waals surface area contributed by atoms with Gasteiger partial charge in [0.1, 0.15) is 33.9 Å². The van der Waals surface area contributed by atoms with Crippen molar-refractivity contribution in [1.29, 1.82) is 0 Å². The van der Waals surface area contributed by atoms with E-state index in [9.17, 15) is 18.0 Å². The van der Waals surface area contributed by atoms with Crippen LogP contribution in [0.15, 0.2) is 61.1 Å². The maximum absolute atomic E-state index is 13.6. The fraction of sp³-hybridized carbons (Fsp3) is 0.382. The minimum Gasteiger partial charge on any atom is -0.484 e. The zero-order chi connectivity index (χ0) is 33.1. The third-order valence-electron chi connectivity index (χ3n) is 8.70. The molecule has 6 rings (SSSR count). The van der Waals surface area contributed by atoms with Crippen molar-refractivity contribution >= 4 is 29.1 Å². The first kappa shape index (κ1) is 32.7.